The van der Waals surface area contributed by atoms with Crippen molar-refractivity contribution in [2.45, 2.75) is 26.2 Å². The van der Waals surface area contributed by atoms with Crippen LogP contribution in [0.4, 0.5) is 0 Å². The van der Waals surface area contributed by atoms with Crippen LogP contribution in [0.1, 0.15) is 26.2 Å². The van der Waals surface area contributed by atoms with E-state index >= 15 is 0 Å². The molecule has 1 fully saturated rings. The second-order valence-electron chi connectivity index (χ2n) is 2.96. The van der Waals surface area contributed by atoms with Gasteiger partial charge in [0.25, 0.3) is 0 Å². The van der Waals surface area contributed by atoms with E-state index in [0.717, 1.165) is 18.8 Å². The van der Waals surface area contributed by atoms with Crippen molar-refractivity contribution in [3.05, 3.63) is 11.8 Å². The maximum Gasteiger partial charge on any atom is 0.0930 e. The Hall–Kier alpha value is -0.970. The molecule has 0 atom stereocenters. The van der Waals surface area contributed by atoms with Crippen molar-refractivity contribution in [3.63, 3.8) is 0 Å². The molecule has 2 heteroatoms. The number of nitriles is 1. The molecule has 0 aliphatic carbocycles. The molecule has 0 spiro atoms. The molecule has 0 saturated carbocycles. The highest BCUT2D eigenvalue weighted by Crippen LogP contribution is 2.13. The molecular weight excluding hydrogens is 136 g/mol. The first-order valence-corrected chi connectivity index (χ1v) is 4.16. The fourth-order valence-electron chi connectivity index (χ4n) is 1.43. The van der Waals surface area contributed by atoms with E-state index in [1.54, 1.807) is 6.08 Å². The molecule has 11 heavy (non-hydrogen) atoms. The standard InChI is InChI=1S/C9H14N2/c1-9(5-6-10)11-7-3-2-4-8-11/h5H,2-4,7-8H2,1H3/b9-5+. The summed E-state index contributed by atoms with van der Waals surface area (Å²) in [5, 5.41) is 8.41. The number of hydrogen-bond acceptors (Lipinski definition) is 2. The van der Waals surface area contributed by atoms with Gasteiger partial charge in [-0.2, -0.15) is 5.26 Å². The smallest absolute Gasteiger partial charge is 0.0930 e. The van der Waals surface area contributed by atoms with Crippen LogP contribution in [-0.2, 0) is 0 Å². The summed E-state index contributed by atoms with van der Waals surface area (Å²) < 4.78 is 0. The number of nitrogens with zero attached hydrogens (tertiary/aromatic N) is 2. The van der Waals surface area contributed by atoms with Crippen LogP contribution in [0, 0.1) is 11.3 Å². The Morgan fingerprint density at radius 2 is 2.00 bits per heavy atom. The van der Waals surface area contributed by atoms with Crippen molar-refractivity contribution in [1.29, 1.82) is 5.26 Å². The largest absolute Gasteiger partial charge is 0.374 e. The highest BCUT2D eigenvalue weighted by Gasteiger charge is 2.08. The van der Waals surface area contributed by atoms with Crippen molar-refractivity contribution >= 4 is 0 Å². The topological polar surface area (TPSA) is 27.0 Å². The van der Waals surface area contributed by atoms with Crippen LogP contribution in [0.3, 0.4) is 0 Å². The van der Waals surface area contributed by atoms with Gasteiger partial charge in [0.05, 0.1) is 6.07 Å². The van der Waals surface area contributed by atoms with Gasteiger partial charge in [0.2, 0.25) is 0 Å². The first kappa shape index (κ1) is 8.13. The molecule has 0 unspecified atom stereocenters. The normalized spacial score (nSPS) is 19.6. The summed E-state index contributed by atoms with van der Waals surface area (Å²) in [4.78, 5) is 2.28. The number of likely N-dealkylation sites (tertiary alicyclic amines) is 1. The van der Waals surface area contributed by atoms with Gasteiger partial charge in [-0.3, -0.25) is 0 Å². The van der Waals surface area contributed by atoms with E-state index in [2.05, 4.69) is 11.0 Å². The number of hydrogen-bond donors (Lipinski definition) is 0. The molecule has 1 aliphatic heterocycles. The van der Waals surface area contributed by atoms with Crippen molar-refractivity contribution in [1.82, 2.24) is 4.90 Å². The minimum Gasteiger partial charge on any atom is -0.374 e. The van der Waals surface area contributed by atoms with Gasteiger partial charge >= 0.3 is 0 Å². The molecule has 0 amide bonds. The third kappa shape index (κ3) is 2.27. The van der Waals surface area contributed by atoms with Crippen molar-refractivity contribution in [3.8, 4) is 6.07 Å². The van der Waals surface area contributed by atoms with E-state index in [4.69, 9.17) is 5.26 Å². The van der Waals surface area contributed by atoms with Gasteiger partial charge in [-0.05, 0) is 26.2 Å². The quantitative estimate of drug-likeness (QED) is 0.534. The maximum atomic E-state index is 8.41. The lowest BCUT2D eigenvalue weighted by Gasteiger charge is -2.28. The summed E-state index contributed by atoms with van der Waals surface area (Å²) in [7, 11) is 0. The number of piperidine rings is 1. The SMILES string of the molecule is C/C(=C\C#N)N1CCCCC1. The number of rotatable bonds is 1. The third-order valence-corrected chi connectivity index (χ3v) is 2.13. The summed E-state index contributed by atoms with van der Waals surface area (Å²) in [5.41, 5.74) is 1.12. The predicted octanol–water partition coefficient (Wildman–Crippen LogP) is 1.90. The Bertz CT molecular complexity index is 182. The Kier molecular flexibility index (Phi) is 2.97. The molecule has 1 rings (SSSR count). The molecule has 1 saturated heterocycles. The highest BCUT2D eigenvalue weighted by molar-refractivity contribution is 5.10. The summed E-state index contributed by atoms with van der Waals surface area (Å²) >= 11 is 0. The van der Waals surface area contributed by atoms with Gasteiger partial charge in [-0.15, -0.1) is 0 Å². The molecule has 0 N–H and O–H groups in total. The third-order valence-electron chi connectivity index (χ3n) is 2.13. The van der Waals surface area contributed by atoms with Crippen molar-refractivity contribution < 1.29 is 0 Å². The molecule has 60 valence electrons. The van der Waals surface area contributed by atoms with E-state index in [1.165, 1.54) is 19.3 Å². The fraction of sp³-hybridized carbons (Fsp3) is 0.667. The van der Waals surface area contributed by atoms with Gasteiger partial charge < -0.3 is 4.90 Å². The molecule has 1 heterocycles. The summed E-state index contributed by atoms with van der Waals surface area (Å²) in [6.45, 7) is 4.27. The molecule has 0 aromatic heterocycles. The Balaban J connectivity index is 2.46. The second-order valence-corrected chi connectivity index (χ2v) is 2.96. The average molecular weight is 150 g/mol. The van der Waals surface area contributed by atoms with Gasteiger partial charge in [-0.25, -0.2) is 0 Å². The van der Waals surface area contributed by atoms with E-state index in [1.807, 2.05) is 6.92 Å². The summed E-state index contributed by atoms with van der Waals surface area (Å²) in [5.74, 6) is 0. The molecule has 0 radical (unpaired) electrons. The minimum atomic E-state index is 1.12. The monoisotopic (exact) mass is 150 g/mol. The Morgan fingerprint density at radius 1 is 1.36 bits per heavy atom. The van der Waals surface area contributed by atoms with Crippen LogP contribution in [0.2, 0.25) is 0 Å². The minimum absolute atomic E-state index is 1.12. The van der Waals surface area contributed by atoms with Crippen LogP contribution in [-0.4, -0.2) is 18.0 Å². The summed E-state index contributed by atoms with van der Waals surface area (Å²) in [6, 6.07) is 2.06. The average Bonchev–Trinajstić information content (AvgIpc) is 2.07. The zero-order chi connectivity index (χ0) is 8.10. The lowest BCUT2D eigenvalue weighted by molar-refractivity contribution is 0.286. The van der Waals surface area contributed by atoms with Crippen LogP contribution in [0.5, 0.6) is 0 Å². The van der Waals surface area contributed by atoms with Crippen LogP contribution < -0.4 is 0 Å². The lowest BCUT2D eigenvalue weighted by Crippen LogP contribution is -2.27. The fourth-order valence-corrected chi connectivity index (χ4v) is 1.43. The molecule has 2 nitrogen and oxygen atoms in total. The summed E-state index contributed by atoms with van der Waals surface area (Å²) in [6.07, 6.45) is 5.52. The maximum absolute atomic E-state index is 8.41. The van der Waals surface area contributed by atoms with Crippen molar-refractivity contribution in [2.24, 2.45) is 0 Å². The van der Waals surface area contributed by atoms with Gasteiger partial charge in [0, 0.05) is 24.9 Å². The van der Waals surface area contributed by atoms with Crippen molar-refractivity contribution in [2.75, 3.05) is 13.1 Å². The van der Waals surface area contributed by atoms with Crippen LogP contribution in [0.15, 0.2) is 11.8 Å². The zero-order valence-electron chi connectivity index (χ0n) is 7.01. The lowest BCUT2D eigenvalue weighted by atomic mass is 10.1. The molecule has 0 aromatic rings. The van der Waals surface area contributed by atoms with Gasteiger partial charge in [-0.1, -0.05) is 0 Å². The van der Waals surface area contributed by atoms with E-state index < -0.39 is 0 Å². The van der Waals surface area contributed by atoms with Gasteiger partial charge in [0.15, 0.2) is 0 Å². The molecule has 1 aliphatic rings. The zero-order valence-corrected chi connectivity index (χ0v) is 7.01. The molecule has 0 aromatic carbocycles. The van der Waals surface area contributed by atoms with Crippen LogP contribution >= 0.6 is 0 Å². The predicted molar refractivity (Wildman–Crippen MR) is 44.8 cm³/mol. The second kappa shape index (κ2) is 4.02. The van der Waals surface area contributed by atoms with E-state index in [-0.39, 0.29) is 0 Å². The molecular formula is C9H14N2. The Morgan fingerprint density at radius 3 is 2.55 bits per heavy atom. The first-order valence-electron chi connectivity index (χ1n) is 4.16. The van der Waals surface area contributed by atoms with Gasteiger partial charge in [0.1, 0.15) is 0 Å². The Labute approximate surface area is 68.1 Å². The highest BCUT2D eigenvalue weighted by atomic mass is 15.1. The van der Waals surface area contributed by atoms with E-state index in [0.29, 0.717) is 0 Å². The van der Waals surface area contributed by atoms with Crippen LogP contribution in [0.25, 0.3) is 0 Å². The number of allylic oxidation sites excluding steroid dienone is 2. The first-order chi connectivity index (χ1) is 5.34. The van der Waals surface area contributed by atoms with E-state index in [9.17, 15) is 0 Å². The molecule has 0 bridgehead atoms.